The summed E-state index contributed by atoms with van der Waals surface area (Å²) in [6.45, 7) is 6.95. The molecule has 2 aromatic carbocycles. The Morgan fingerprint density at radius 2 is 1.78 bits per heavy atom. The van der Waals surface area contributed by atoms with Crippen LogP contribution in [0.2, 0.25) is 0 Å². The SMILES string of the molecule is CC(C)(C)C(=O)OC1NCC[C@@H]1COc1ccc(Cc2ccc(-c3nccs3)cc2)cc1. The molecule has 0 spiro atoms. The summed E-state index contributed by atoms with van der Waals surface area (Å²) in [6, 6.07) is 16.8. The van der Waals surface area contributed by atoms with Crippen LogP contribution in [0.25, 0.3) is 10.6 Å². The van der Waals surface area contributed by atoms with Gasteiger partial charge in [-0.15, -0.1) is 11.3 Å². The number of esters is 1. The first-order valence-electron chi connectivity index (χ1n) is 11.0. The molecule has 168 valence electrons. The van der Waals surface area contributed by atoms with Crippen LogP contribution in [0.5, 0.6) is 5.75 Å². The van der Waals surface area contributed by atoms with Crippen molar-refractivity contribution in [3.63, 3.8) is 0 Å². The fourth-order valence-corrected chi connectivity index (χ4v) is 4.25. The first-order chi connectivity index (χ1) is 15.4. The summed E-state index contributed by atoms with van der Waals surface area (Å²) in [7, 11) is 0. The van der Waals surface area contributed by atoms with Crippen molar-refractivity contribution in [3.8, 4) is 16.3 Å². The molecule has 2 heterocycles. The van der Waals surface area contributed by atoms with Crippen molar-refractivity contribution in [2.45, 2.75) is 39.8 Å². The largest absolute Gasteiger partial charge is 0.493 e. The maximum Gasteiger partial charge on any atom is 0.312 e. The van der Waals surface area contributed by atoms with Gasteiger partial charge < -0.3 is 9.47 Å². The van der Waals surface area contributed by atoms with Crippen molar-refractivity contribution in [2.75, 3.05) is 13.2 Å². The molecule has 4 rings (SSSR count). The molecule has 1 fully saturated rings. The van der Waals surface area contributed by atoms with Gasteiger partial charge in [0, 0.05) is 23.1 Å². The third-order valence-electron chi connectivity index (χ3n) is 5.56. The molecule has 1 saturated heterocycles. The molecular formula is C26H30N2O3S. The van der Waals surface area contributed by atoms with E-state index < -0.39 is 5.41 Å². The summed E-state index contributed by atoms with van der Waals surface area (Å²) in [5, 5.41) is 6.31. The average Bonchev–Trinajstić information content (AvgIpc) is 3.46. The minimum absolute atomic E-state index is 0.150. The highest BCUT2D eigenvalue weighted by molar-refractivity contribution is 7.13. The normalized spacial score (nSPS) is 18.5. The Morgan fingerprint density at radius 1 is 1.09 bits per heavy atom. The molecule has 6 heteroatoms. The Balaban J connectivity index is 1.29. The van der Waals surface area contributed by atoms with Crippen LogP contribution in [0.15, 0.2) is 60.1 Å². The highest BCUT2D eigenvalue weighted by atomic mass is 32.1. The lowest BCUT2D eigenvalue weighted by atomic mass is 9.97. The summed E-state index contributed by atoms with van der Waals surface area (Å²) in [5.41, 5.74) is 3.14. The van der Waals surface area contributed by atoms with E-state index in [1.54, 1.807) is 11.3 Å². The summed E-state index contributed by atoms with van der Waals surface area (Å²) >= 11 is 1.65. The van der Waals surface area contributed by atoms with Gasteiger partial charge in [0.15, 0.2) is 6.23 Å². The van der Waals surface area contributed by atoms with E-state index in [1.165, 1.54) is 11.1 Å². The number of hydrogen-bond donors (Lipinski definition) is 1. The molecule has 1 aliphatic heterocycles. The van der Waals surface area contributed by atoms with E-state index >= 15 is 0 Å². The van der Waals surface area contributed by atoms with E-state index in [9.17, 15) is 4.79 Å². The molecule has 2 atom stereocenters. The third-order valence-corrected chi connectivity index (χ3v) is 6.39. The molecule has 1 aliphatic rings. The number of benzene rings is 2. The Labute approximate surface area is 193 Å². The minimum Gasteiger partial charge on any atom is -0.493 e. The summed E-state index contributed by atoms with van der Waals surface area (Å²) in [5.74, 6) is 0.795. The number of nitrogens with one attached hydrogen (secondary N) is 1. The van der Waals surface area contributed by atoms with E-state index in [4.69, 9.17) is 9.47 Å². The lowest BCUT2D eigenvalue weighted by molar-refractivity contribution is -0.162. The number of nitrogens with zero attached hydrogens (tertiary/aromatic N) is 1. The summed E-state index contributed by atoms with van der Waals surface area (Å²) in [6.07, 6.45) is 3.35. The molecule has 1 aromatic heterocycles. The number of carbonyl (C=O) groups excluding carboxylic acids is 1. The molecule has 0 bridgehead atoms. The number of hydrogen-bond acceptors (Lipinski definition) is 6. The van der Waals surface area contributed by atoms with Crippen LogP contribution in [0.4, 0.5) is 0 Å². The average molecular weight is 451 g/mol. The number of carbonyl (C=O) groups is 1. The van der Waals surface area contributed by atoms with E-state index in [1.807, 2.05) is 44.5 Å². The fourth-order valence-electron chi connectivity index (χ4n) is 3.60. The lowest BCUT2D eigenvalue weighted by Crippen LogP contribution is -2.38. The van der Waals surface area contributed by atoms with E-state index in [2.05, 4.69) is 46.7 Å². The van der Waals surface area contributed by atoms with Crippen molar-refractivity contribution in [2.24, 2.45) is 11.3 Å². The quantitative estimate of drug-likeness (QED) is 0.495. The Hall–Kier alpha value is -2.70. The van der Waals surface area contributed by atoms with Gasteiger partial charge in [0.25, 0.3) is 0 Å². The van der Waals surface area contributed by atoms with Crippen molar-refractivity contribution >= 4 is 17.3 Å². The smallest absolute Gasteiger partial charge is 0.312 e. The molecule has 0 aliphatic carbocycles. The van der Waals surface area contributed by atoms with Crippen LogP contribution < -0.4 is 10.1 Å². The summed E-state index contributed by atoms with van der Waals surface area (Å²) in [4.78, 5) is 16.6. The van der Waals surface area contributed by atoms with E-state index in [0.29, 0.717) is 6.61 Å². The maximum atomic E-state index is 12.2. The van der Waals surface area contributed by atoms with Crippen LogP contribution in [0.1, 0.15) is 38.3 Å². The van der Waals surface area contributed by atoms with E-state index in [-0.39, 0.29) is 18.1 Å². The molecule has 1 N–H and O–H groups in total. The minimum atomic E-state index is -0.507. The van der Waals surface area contributed by atoms with Gasteiger partial charge in [-0.1, -0.05) is 36.4 Å². The van der Waals surface area contributed by atoms with Gasteiger partial charge in [0.2, 0.25) is 0 Å². The van der Waals surface area contributed by atoms with Crippen molar-refractivity contribution in [1.82, 2.24) is 10.3 Å². The molecule has 0 amide bonds. The molecular weight excluding hydrogens is 420 g/mol. The highest BCUT2D eigenvalue weighted by Crippen LogP contribution is 2.25. The topological polar surface area (TPSA) is 60.5 Å². The Bertz CT molecular complexity index is 1010. The molecule has 32 heavy (non-hydrogen) atoms. The van der Waals surface area contributed by atoms with Gasteiger partial charge in [0.1, 0.15) is 10.8 Å². The van der Waals surface area contributed by atoms with Gasteiger partial charge in [-0.3, -0.25) is 10.1 Å². The van der Waals surface area contributed by atoms with Gasteiger partial charge in [0.05, 0.1) is 12.0 Å². The van der Waals surface area contributed by atoms with Crippen LogP contribution in [-0.2, 0) is 16.0 Å². The molecule has 5 nitrogen and oxygen atoms in total. The summed E-state index contributed by atoms with van der Waals surface area (Å²) < 4.78 is 11.7. The molecule has 0 saturated carbocycles. The maximum absolute atomic E-state index is 12.2. The predicted molar refractivity (Wildman–Crippen MR) is 128 cm³/mol. The second kappa shape index (κ2) is 9.84. The van der Waals surface area contributed by atoms with Gasteiger partial charge in [-0.2, -0.15) is 0 Å². The van der Waals surface area contributed by atoms with Crippen LogP contribution >= 0.6 is 11.3 Å². The number of ether oxygens (including phenoxy) is 2. The predicted octanol–water partition coefficient (Wildman–Crippen LogP) is 5.30. The number of rotatable bonds is 7. The number of aromatic nitrogens is 1. The van der Waals surface area contributed by atoms with Crippen molar-refractivity contribution < 1.29 is 14.3 Å². The second-order valence-electron chi connectivity index (χ2n) is 9.24. The van der Waals surface area contributed by atoms with Gasteiger partial charge >= 0.3 is 5.97 Å². The van der Waals surface area contributed by atoms with E-state index in [0.717, 1.165) is 35.7 Å². The van der Waals surface area contributed by atoms with Crippen LogP contribution in [0, 0.1) is 11.3 Å². The van der Waals surface area contributed by atoms with Crippen molar-refractivity contribution in [1.29, 1.82) is 0 Å². The molecule has 3 aromatic rings. The van der Waals surface area contributed by atoms with Crippen molar-refractivity contribution in [3.05, 3.63) is 71.2 Å². The van der Waals surface area contributed by atoms with Gasteiger partial charge in [-0.25, -0.2) is 4.98 Å². The third kappa shape index (κ3) is 5.75. The Morgan fingerprint density at radius 3 is 2.41 bits per heavy atom. The highest BCUT2D eigenvalue weighted by Gasteiger charge is 2.34. The fraction of sp³-hybridized carbons (Fsp3) is 0.385. The second-order valence-corrected chi connectivity index (χ2v) is 10.1. The number of thiazole rings is 1. The first-order valence-corrected chi connectivity index (χ1v) is 11.9. The Kier molecular flexibility index (Phi) is 6.92. The monoisotopic (exact) mass is 450 g/mol. The molecule has 0 radical (unpaired) electrons. The van der Waals surface area contributed by atoms with Crippen LogP contribution in [0.3, 0.4) is 0 Å². The van der Waals surface area contributed by atoms with Gasteiger partial charge in [-0.05, 0) is 63.4 Å². The first kappa shape index (κ1) is 22.5. The molecule has 1 unspecified atom stereocenters. The zero-order valence-corrected chi connectivity index (χ0v) is 19.7. The van der Waals surface area contributed by atoms with Crippen LogP contribution in [-0.4, -0.2) is 30.3 Å². The lowest BCUT2D eigenvalue weighted by Gasteiger charge is -2.24. The standard InChI is InChI=1S/C26H30N2O3S/c1-26(2,3)25(29)31-23-21(12-13-27-23)17-30-22-10-6-19(7-11-22)16-18-4-8-20(9-5-18)24-28-14-15-32-24/h4-11,14-15,21,23,27H,12-13,16-17H2,1-3H3/t21-,23?/m1/s1. The zero-order chi connectivity index (χ0) is 22.6. The zero-order valence-electron chi connectivity index (χ0n) is 18.8.